The van der Waals surface area contributed by atoms with Gasteiger partial charge in [-0.1, -0.05) is 12.1 Å². The first-order valence-electron chi connectivity index (χ1n) is 14.6. The SMILES string of the molecule is Cc1ccc(OCc2cccc(CC3CCN(Cc4nc5ccc(C(=O)O)cc5n4CC4CCO4)CC3)n2)c(C#N)c1. The molecule has 2 aromatic heterocycles. The van der Waals surface area contributed by atoms with Gasteiger partial charge in [0, 0.05) is 12.3 Å². The molecule has 1 N–H and O–H groups in total. The largest absolute Gasteiger partial charge is 0.486 e. The minimum absolute atomic E-state index is 0.152. The van der Waals surface area contributed by atoms with Gasteiger partial charge in [-0.2, -0.15) is 5.26 Å². The lowest BCUT2D eigenvalue weighted by Crippen LogP contribution is -2.36. The molecule has 2 aliphatic heterocycles. The van der Waals surface area contributed by atoms with Crippen molar-refractivity contribution < 1.29 is 19.4 Å². The molecule has 2 saturated heterocycles. The number of carboxylic acid groups (broad SMARTS) is 1. The van der Waals surface area contributed by atoms with Crippen LogP contribution in [0, 0.1) is 24.2 Å². The highest BCUT2D eigenvalue weighted by atomic mass is 16.5. The number of nitriles is 1. The van der Waals surface area contributed by atoms with Crippen LogP contribution in [0.5, 0.6) is 5.75 Å². The third-order valence-electron chi connectivity index (χ3n) is 8.32. The second-order valence-corrected chi connectivity index (χ2v) is 11.4. The number of aromatic nitrogens is 3. The summed E-state index contributed by atoms with van der Waals surface area (Å²) in [6.07, 6.45) is 4.24. The van der Waals surface area contributed by atoms with Gasteiger partial charge in [0.05, 0.1) is 47.0 Å². The lowest BCUT2D eigenvalue weighted by atomic mass is 9.92. The zero-order valence-electron chi connectivity index (χ0n) is 23.8. The Labute approximate surface area is 245 Å². The number of nitrogens with zero attached hydrogens (tertiary/aromatic N) is 5. The number of ether oxygens (including phenoxy) is 2. The van der Waals surface area contributed by atoms with Crippen LogP contribution in [0.3, 0.4) is 0 Å². The van der Waals surface area contributed by atoms with E-state index in [0.29, 0.717) is 30.4 Å². The average molecular weight is 566 g/mol. The van der Waals surface area contributed by atoms with Crippen LogP contribution in [0.1, 0.15) is 58.0 Å². The summed E-state index contributed by atoms with van der Waals surface area (Å²) in [7, 11) is 0. The van der Waals surface area contributed by atoms with Gasteiger partial charge in [-0.05, 0) is 99.6 Å². The van der Waals surface area contributed by atoms with E-state index in [-0.39, 0.29) is 11.7 Å². The quantitative estimate of drug-likeness (QED) is 0.282. The minimum Gasteiger partial charge on any atom is -0.486 e. The molecule has 0 saturated carbocycles. The molecule has 2 aromatic carbocycles. The highest BCUT2D eigenvalue weighted by Crippen LogP contribution is 2.26. The summed E-state index contributed by atoms with van der Waals surface area (Å²) in [6.45, 7) is 6.43. The van der Waals surface area contributed by atoms with Crippen LogP contribution in [0.4, 0.5) is 0 Å². The van der Waals surface area contributed by atoms with E-state index in [2.05, 4.69) is 21.6 Å². The first-order chi connectivity index (χ1) is 20.4. The molecule has 216 valence electrons. The number of hydrogen-bond donors (Lipinski definition) is 1. The molecule has 6 rings (SSSR count). The molecule has 9 nitrogen and oxygen atoms in total. The number of hydrogen-bond acceptors (Lipinski definition) is 7. The first-order valence-corrected chi connectivity index (χ1v) is 14.6. The molecular formula is C33H35N5O4. The van der Waals surface area contributed by atoms with Crippen LogP contribution in [0.25, 0.3) is 11.0 Å². The predicted molar refractivity (Wildman–Crippen MR) is 157 cm³/mol. The number of piperidine rings is 1. The zero-order chi connectivity index (χ0) is 29.1. The van der Waals surface area contributed by atoms with Crippen LogP contribution in [-0.2, 0) is 30.9 Å². The molecule has 0 amide bonds. The summed E-state index contributed by atoms with van der Waals surface area (Å²) in [5, 5.41) is 18.9. The highest BCUT2D eigenvalue weighted by molar-refractivity contribution is 5.92. The molecule has 9 heteroatoms. The molecule has 42 heavy (non-hydrogen) atoms. The Morgan fingerprint density at radius 1 is 1.10 bits per heavy atom. The first kappa shape index (κ1) is 27.9. The maximum atomic E-state index is 11.6. The van der Waals surface area contributed by atoms with E-state index in [9.17, 15) is 15.2 Å². The summed E-state index contributed by atoms with van der Waals surface area (Å²) in [5.41, 5.74) is 5.44. The van der Waals surface area contributed by atoms with E-state index in [4.69, 9.17) is 19.4 Å². The lowest BCUT2D eigenvalue weighted by molar-refractivity contribution is -0.0592. The second-order valence-electron chi connectivity index (χ2n) is 11.4. The van der Waals surface area contributed by atoms with E-state index in [1.54, 1.807) is 12.1 Å². The van der Waals surface area contributed by atoms with Crippen LogP contribution in [-0.4, -0.2) is 56.3 Å². The zero-order valence-corrected chi connectivity index (χ0v) is 23.8. The predicted octanol–water partition coefficient (Wildman–Crippen LogP) is 5.13. The van der Waals surface area contributed by atoms with Crippen LogP contribution < -0.4 is 4.74 Å². The van der Waals surface area contributed by atoms with Gasteiger partial charge < -0.3 is 19.1 Å². The van der Waals surface area contributed by atoms with Crippen molar-refractivity contribution in [3.63, 3.8) is 0 Å². The Balaban J connectivity index is 1.06. The fourth-order valence-electron chi connectivity index (χ4n) is 5.84. The van der Waals surface area contributed by atoms with Gasteiger partial charge in [0.2, 0.25) is 0 Å². The Hall–Kier alpha value is -4.26. The van der Waals surface area contributed by atoms with Crippen molar-refractivity contribution in [3.8, 4) is 11.8 Å². The molecule has 4 heterocycles. The maximum absolute atomic E-state index is 11.6. The molecule has 4 aromatic rings. The molecule has 2 aliphatic rings. The van der Waals surface area contributed by atoms with Crippen molar-refractivity contribution in [2.24, 2.45) is 5.92 Å². The van der Waals surface area contributed by atoms with Crippen molar-refractivity contribution in [2.45, 2.75) is 58.4 Å². The molecule has 0 bridgehead atoms. The maximum Gasteiger partial charge on any atom is 0.335 e. The monoisotopic (exact) mass is 565 g/mol. The van der Waals surface area contributed by atoms with Crippen LogP contribution >= 0.6 is 0 Å². The van der Waals surface area contributed by atoms with Gasteiger partial charge in [-0.25, -0.2) is 9.78 Å². The number of carbonyl (C=O) groups is 1. The van der Waals surface area contributed by atoms with Gasteiger partial charge >= 0.3 is 5.97 Å². The number of likely N-dealkylation sites (tertiary alicyclic amines) is 1. The van der Waals surface area contributed by atoms with E-state index in [0.717, 1.165) is 85.7 Å². The van der Waals surface area contributed by atoms with Gasteiger partial charge in [-0.15, -0.1) is 0 Å². The summed E-state index contributed by atoms with van der Waals surface area (Å²) in [6, 6.07) is 19.1. The molecule has 0 radical (unpaired) electrons. The average Bonchev–Trinajstić information content (AvgIpc) is 3.31. The molecular weight excluding hydrogens is 530 g/mol. The third-order valence-corrected chi connectivity index (χ3v) is 8.32. The molecule has 2 fully saturated rings. The van der Waals surface area contributed by atoms with E-state index < -0.39 is 5.97 Å². The van der Waals surface area contributed by atoms with E-state index in [1.807, 2.05) is 43.3 Å². The Bertz CT molecular complexity index is 1630. The fraction of sp³-hybridized carbons (Fsp3) is 0.394. The summed E-state index contributed by atoms with van der Waals surface area (Å²) in [5.74, 6) is 1.16. The number of benzene rings is 2. The van der Waals surface area contributed by atoms with E-state index in [1.165, 1.54) is 0 Å². The van der Waals surface area contributed by atoms with Crippen LogP contribution in [0.2, 0.25) is 0 Å². The van der Waals surface area contributed by atoms with Gasteiger partial charge in [0.1, 0.15) is 24.3 Å². The normalized spacial score (nSPS) is 17.6. The van der Waals surface area contributed by atoms with Crippen LogP contribution in [0.15, 0.2) is 54.6 Å². The number of aryl methyl sites for hydroxylation is 1. The Morgan fingerprint density at radius 3 is 2.64 bits per heavy atom. The van der Waals surface area contributed by atoms with Gasteiger partial charge in [0.15, 0.2) is 0 Å². The molecule has 0 spiro atoms. The topological polar surface area (TPSA) is 114 Å². The molecule has 0 aliphatic carbocycles. The van der Waals surface area contributed by atoms with Crippen molar-refractivity contribution in [3.05, 3.63) is 88.5 Å². The van der Waals surface area contributed by atoms with Gasteiger partial charge in [0.25, 0.3) is 0 Å². The number of fused-ring (bicyclic) bond motifs is 1. The molecule has 1 unspecified atom stereocenters. The Morgan fingerprint density at radius 2 is 1.90 bits per heavy atom. The fourth-order valence-corrected chi connectivity index (χ4v) is 5.84. The number of carboxylic acids is 1. The summed E-state index contributed by atoms with van der Waals surface area (Å²) in [4.78, 5) is 23.8. The van der Waals surface area contributed by atoms with E-state index >= 15 is 0 Å². The van der Waals surface area contributed by atoms with Crippen molar-refractivity contribution in [1.29, 1.82) is 5.26 Å². The van der Waals surface area contributed by atoms with Crippen molar-refractivity contribution in [2.75, 3.05) is 19.7 Å². The minimum atomic E-state index is -0.930. The van der Waals surface area contributed by atoms with Crippen molar-refractivity contribution in [1.82, 2.24) is 19.4 Å². The number of pyridine rings is 1. The third kappa shape index (κ3) is 6.30. The smallest absolute Gasteiger partial charge is 0.335 e. The molecule has 1 atom stereocenters. The highest BCUT2D eigenvalue weighted by Gasteiger charge is 2.25. The van der Waals surface area contributed by atoms with Crippen molar-refractivity contribution >= 4 is 17.0 Å². The number of aromatic carboxylic acids is 1. The van der Waals surface area contributed by atoms with Gasteiger partial charge in [-0.3, -0.25) is 9.88 Å². The second kappa shape index (κ2) is 12.3. The number of rotatable bonds is 10. The standard InChI is InChI=1S/C33H35N5O4/c1-22-5-8-31(25(15-22)18-34)42-21-27-4-2-3-26(35-27)16-23-9-12-37(13-10-23)20-32-36-29-7-6-24(33(39)40)17-30(29)38(32)19-28-11-14-41-28/h2-8,15,17,23,28H,9-14,16,19-21H2,1H3,(H,39,40). The summed E-state index contributed by atoms with van der Waals surface area (Å²) >= 11 is 0. The number of imidazole rings is 1. The summed E-state index contributed by atoms with van der Waals surface area (Å²) < 4.78 is 13.8. The Kier molecular flexibility index (Phi) is 8.17. The lowest BCUT2D eigenvalue weighted by Gasteiger charge is -2.32.